The van der Waals surface area contributed by atoms with Crippen molar-refractivity contribution in [1.82, 2.24) is 4.90 Å². The summed E-state index contributed by atoms with van der Waals surface area (Å²) in [7, 11) is -3.66. The third-order valence-corrected chi connectivity index (χ3v) is 5.84. The van der Waals surface area contributed by atoms with Crippen LogP contribution in [0.5, 0.6) is 0 Å². The summed E-state index contributed by atoms with van der Waals surface area (Å²) in [5.41, 5.74) is 2.96. The highest BCUT2D eigenvalue weighted by molar-refractivity contribution is 7.89. The molecule has 3 atom stereocenters. The molecule has 2 fully saturated rings. The number of hydrogen-bond acceptors (Lipinski definition) is 4. The van der Waals surface area contributed by atoms with Gasteiger partial charge in [-0.15, -0.1) is 0 Å². The first-order chi connectivity index (χ1) is 9.84. The third-order valence-electron chi connectivity index (χ3n) is 4.94. The zero-order valence-corrected chi connectivity index (χ0v) is 13.4. The lowest BCUT2D eigenvalue weighted by Gasteiger charge is -2.32. The number of fused-ring (bicyclic) bond motifs is 2. The minimum Gasteiger partial charge on any atom is -0.382 e. The van der Waals surface area contributed by atoms with Gasteiger partial charge >= 0.3 is 0 Å². The predicted octanol–water partition coefficient (Wildman–Crippen LogP) is 1.46. The molecular weight excluding hydrogens is 286 g/mol. The molecule has 2 bridgehead atoms. The van der Waals surface area contributed by atoms with Gasteiger partial charge in [0, 0.05) is 24.8 Å². The summed E-state index contributed by atoms with van der Waals surface area (Å²) >= 11 is 0. The van der Waals surface area contributed by atoms with Gasteiger partial charge in [0.1, 0.15) is 0 Å². The molecule has 0 aromatic heterocycles. The summed E-state index contributed by atoms with van der Waals surface area (Å²) in [5.74, 6) is 0.664. The zero-order chi connectivity index (χ0) is 15.2. The molecule has 1 aromatic carbocycles. The summed E-state index contributed by atoms with van der Waals surface area (Å²) in [6.45, 7) is 7.42. The summed E-state index contributed by atoms with van der Waals surface area (Å²) in [5, 5.41) is 8.86. The Balaban J connectivity index is 1.89. The van der Waals surface area contributed by atoms with E-state index in [1.165, 1.54) is 13.0 Å². The predicted molar refractivity (Wildman–Crippen MR) is 83.9 cm³/mol. The highest BCUT2D eigenvalue weighted by atomic mass is 32.2. The molecule has 0 aliphatic carbocycles. The topological polar surface area (TPSA) is 75.4 Å². The van der Waals surface area contributed by atoms with Gasteiger partial charge in [-0.1, -0.05) is 0 Å². The Morgan fingerprint density at radius 1 is 1.24 bits per heavy atom. The lowest BCUT2D eigenvalue weighted by atomic mass is 9.93. The maximum atomic E-state index is 11.6. The van der Waals surface area contributed by atoms with Crippen LogP contribution in [0.1, 0.15) is 24.0 Å². The molecule has 1 aromatic rings. The van der Waals surface area contributed by atoms with Gasteiger partial charge in [-0.05, 0) is 62.4 Å². The number of nitrogens with two attached hydrogens (primary N) is 1. The number of primary sulfonamides is 1. The van der Waals surface area contributed by atoms with Crippen molar-refractivity contribution in [2.45, 2.75) is 37.6 Å². The third kappa shape index (κ3) is 2.93. The minimum absolute atomic E-state index is 0.192. The molecule has 2 aliphatic rings. The van der Waals surface area contributed by atoms with E-state index in [9.17, 15) is 8.42 Å². The number of rotatable bonds is 3. The van der Waals surface area contributed by atoms with Crippen LogP contribution in [0.2, 0.25) is 0 Å². The van der Waals surface area contributed by atoms with E-state index in [4.69, 9.17) is 5.14 Å². The second-order valence-electron chi connectivity index (χ2n) is 6.35. The fraction of sp³-hybridized carbons (Fsp3) is 0.600. The van der Waals surface area contributed by atoms with E-state index in [1.807, 2.05) is 13.8 Å². The Morgan fingerprint density at radius 2 is 1.95 bits per heavy atom. The molecule has 2 aliphatic heterocycles. The zero-order valence-electron chi connectivity index (χ0n) is 12.6. The van der Waals surface area contributed by atoms with E-state index in [-0.39, 0.29) is 4.90 Å². The van der Waals surface area contributed by atoms with Crippen LogP contribution in [0.25, 0.3) is 0 Å². The molecule has 0 saturated carbocycles. The van der Waals surface area contributed by atoms with Crippen molar-refractivity contribution in [3.05, 3.63) is 23.3 Å². The maximum Gasteiger partial charge on any atom is 0.238 e. The van der Waals surface area contributed by atoms with Crippen LogP contribution in [-0.4, -0.2) is 39.0 Å². The average Bonchev–Trinajstić information content (AvgIpc) is 2.79. The van der Waals surface area contributed by atoms with Gasteiger partial charge in [-0.25, -0.2) is 13.6 Å². The number of benzene rings is 1. The quantitative estimate of drug-likeness (QED) is 0.886. The van der Waals surface area contributed by atoms with Crippen LogP contribution in [0.3, 0.4) is 0 Å². The number of piperidine rings is 1. The van der Waals surface area contributed by atoms with E-state index in [0.717, 1.165) is 36.3 Å². The fourth-order valence-electron chi connectivity index (χ4n) is 3.48. The van der Waals surface area contributed by atoms with Gasteiger partial charge in [0.15, 0.2) is 0 Å². The van der Waals surface area contributed by atoms with Crippen molar-refractivity contribution >= 4 is 15.7 Å². The first-order valence-corrected chi connectivity index (χ1v) is 9.02. The number of sulfonamides is 1. The van der Waals surface area contributed by atoms with Crippen molar-refractivity contribution in [3.8, 4) is 0 Å². The first kappa shape index (κ1) is 14.8. The van der Waals surface area contributed by atoms with E-state index < -0.39 is 10.0 Å². The molecule has 3 N–H and O–H groups in total. The van der Waals surface area contributed by atoms with Gasteiger partial charge in [-0.2, -0.15) is 0 Å². The lowest BCUT2D eigenvalue weighted by molar-refractivity contribution is 0.255. The van der Waals surface area contributed by atoms with Crippen LogP contribution in [0.4, 0.5) is 5.69 Å². The Labute approximate surface area is 126 Å². The number of hydrogen-bond donors (Lipinski definition) is 2. The molecule has 3 unspecified atom stereocenters. The molecule has 2 saturated heterocycles. The van der Waals surface area contributed by atoms with Crippen LogP contribution in [0.15, 0.2) is 17.0 Å². The van der Waals surface area contributed by atoms with Gasteiger partial charge in [-0.3, -0.25) is 0 Å². The molecule has 0 amide bonds. The van der Waals surface area contributed by atoms with Crippen LogP contribution in [0, 0.1) is 19.8 Å². The molecule has 3 rings (SSSR count). The summed E-state index contributed by atoms with van der Waals surface area (Å²) in [6.07, 6.45) is 2.34. The van der Waals surface area contributed by atoms with Gasteiger partial charge in [0.25, 0.3) is 0 Å². The average molecular weight is 309 g/mol. The van der Waals surface area contributed by atoms with Gasteiger partial charge < -0.3 is 10.2 Å². The second-order valence-corrected chi connectivity index (χ2v) is 7.91. The van der Waals surface area contributed by atoms with Crippen molar-refractivity contribution in [2.24, 2.45) is 11.1 Å². The SMILES string of the molecule is Cc1cc(S(N)(=O)=O)cc(NC2CCN3CCC2C3)c1C. The normalized spacial score (nSPS) is 28.6. The largest absolute Gasteiger partial charge is 0.382 e. The Hall–Kier alpha value is -1.11. The number of nitrogens with one attached hydrogen (secondary N) is 1. The van der Waals surface area contributed by atoms with Crippen molar-refractivity contribution in [3.63, 3.8) is 0 Å². The summed E-state index contributed by atoms with van der Waals surface area (Å²) in [6, 6.07) is 3.75. The summed E-state index contributed by atoms with van der Waals surface area (Å²) < 4.78 is 23.2. The van der Waals surface area contributed by atoms with E-state index in [0.29, 0.717) is 12.0 Å². The Morgan fingerprint density at radius 3 is 2.67 bits per heavy atom. The molecule has 2 heterocycles. The highest BCUT2D eigenvalue weighted by Crippen LogP contribution is 2.31. The first-order valence-electron chi connectivity index (χ1n) is 7.47. The Bertz CT molecular complexity index is 657. The highest BCUT2D eigenvalue weighted by Gasteiger charge is 2.34. The van der Waals surface area contributed by atoms with E-state index >= 15 is 0 Å². The lowest BCUT2D eigenvalue weighted by Crippen LogP contribution is -2.39. The van der Waals surface area contributed by atoms with Crippen molar-refractivity contribution in [1.29, 1.82) is 0 Å². The molecule has 5 nitrogen and oxygen atoms in total. The minimum atomic E-state index is -3.66. The van der Waals surface area contributed by atoms with Crippen LogP contribution in [-0.2, 0) is 10.0 Å². The Kier molecular flexibility index (Phi) is 3.71. The van der Waals surface area contributed by atoms with Crippen molar-refractivity contribution in [2.75, 3.05) is 25.0 Å². The molecular formula is C15H23N3O2S. The molecule has 116 valence electrons. The van der Waals surface area contributed by atoms with E-state index in [1.54, 1.807) is 12.1 Å². The second kappa shape index (κ2) is 5.26. The fourth-order valence-corrected chi connectivity index (χ4v) is 4.10. The molecule has 0 radical (unpaired) electrons. The standard InChI is InChI=1S/C15H23N3O2S/c1-10-7-13(21(16,19)20)8-15(11(10)2)17-14-4-6-18-5-3-12(14)9-18/h7-8,12,14,17H,3-6,9H2,1-2H3,(H2,16,19,20). The maximum absolute atomic E-state index is 11.6. The number of anilines is 1. The van der Waals surface area contributed by atoms with Crippen molar-refractivity contribution < 1.29 is 8.42 Å². The smallest absolute Gasteiger partial charge is 0.238 e. The summed E-state index contributed by atoms with van der Waals surface area (Å²) in [4.78, 5) is 2.69. The molecule has 0 spiro atoms. The number of nitrogens with zero attached hydrogens (tertiary/aromatic N) is 1. The van der Waals surface area contributed by atoms with Crippen LogP contribution >= 0.6 is 0 Å². The number of aryl methyl sites for hydroxylation is 1. The molecule has 21 heavy (non-hydrogen) atoms. The monoisotopic (exact) mass is 309 g/mol. The van der Waals surface area contributed by atoms with Gasteiger partial charge in [0.2, 0.25) is 10.0 Å². The van der Waals surface area contributed by atoms with Gasteiger partial charge in [0.05, 0.1) is 4.90 Å². The molecule has 6 heteroatoms. The van der Waals surface area contributed by atoms with Crippen LogP contribution < -0.4 is 10.5 Å². The van der Waals surface area contributed by atoms with E-state index in [2.05, 4.69) is 10.2 Å².